The summed E-state index contributed by atoms with van der Waals surface area (Å²) in [5.41, 5.74) is 0.830. The van der Waals surface area contributed by atoms with Crippen molar-refractivity contribution in [3.05, 3.63) is 29.3 Å². The fourth-order valence-corrected chi connectivity index (χ4v) is 1.87. The Kier molecular flexibility index (Phi) is 2.46. The molecule has 1 aromatic carbocycles. The molecule has 0 heterocycles. The smallest absolute Gasteiger partial charge is 0.166 e. The average molecular weight is 208 g/mol. The van der Waals surface area contributed by atoms with E-state index in [9.17, 15) is 15.0 Å². The van der Waals surface area contributed by atoms with Crippen molar-refractivity contribution < 1.29 is 19.7 Å². The molecule has 1 aliphatic carbocycles. The van der Waals surface area contributed by atoms with Crippen molar-refractivity contribution in [2.24, 2.45) is 0 Å². The lowest BCUT2D eigenvalue weighted by Gasteiger charge is -2.26. The average Bonchev–Trinajstić information content (AvgIpc) is 2.25. The molecule has 2 N–H and O–H groups in total. The molecule has 0 amide bonds. The minimum Gasteiger partial charge on any atom is -0.496 e. The molecule has 1 aromatic rings. The first-order valence-corrected chi connectivity index (χ1v) is 4.71. The quantitative estimate of drug-likeness (QED) is 0.712. The number of rotatable bonds is 1. The first-order valence-electron chi connectivity index (χ1n) is 4.71. The summed E-state index contributed by atoms with van der Waals surface area (Å²) in [7, 11) is 1.47. The van der Waals surface area contributed by atoms with E-state index in [0.717, 1.165) is 0 Å². The first-order chi connectivity index (χ1) is 7.15. The number of methoxy groups -OCH3 is 1. The van der Waals surface area contributed by atoms with Crippen LogP contribution in [0.3, 0.4) is 0 Å². The van der Waals surface area contributed by atoms with E-state index in [1.807, 2.05) is 0 Å². The van der Waals surface area contributed by atoms with Crippen LogP contribution in [0.5, 0.6) is 5.75 Å². The molecule has 4 heteroatoms. The zero-order valence-corrected chi connectivity index (χ0v) is 8.30. The van der Waals surface area contributed by atoms with E-state index < -0.39 is 12.2 Å². The molecule has 2 rings (SSSR count). The lowest BCUT2D eigenvalue weighted by Crippen LogP contribution is -2.29. The van der Waals surface area contributed by atoms with E-state index in [0.29, 0.717) is 16.9 Å². The minimum atomic E-state index is -1.05. The highest BCUT2D eigenvalue weighted by molar-refractivity contribution is 5.99. The zero-order valence-electron chi connectivity index (χ0n) is 8.30. The second-order valence-corrected chi connectivity index (χ2v) is 3.56. The molecule has 1 aliphatic rings. The van der Waals surface area contributed by atoms with Gasteiger partial charge in [-0.05, 0) is 6.07 Å². The first kappa shape index (κ1) is 10.1. The number of aliphatic hydroxyl groups excluding tert-OH is 2. The van der Waals surface area contributed by atoms with E-state index in [1.165, 1.54) is 7.11 Å². The maximum atomic E-state index is 11.6. The molecule has 0 saturated heterocycles. The second kappa shape index (κ2) is 3.64. The number of ketones is 1. The highest BCUT2D eigenvalue weighted by Crippen LogP contribution is 2.36. The van der Waals surface area contributed by atoms with Gasteiger partial charge >= 0.3 is 0 Å². The third kappa shape index (κ3) is 1.52. The van der Waals surface area contributed by atoms with Crippen LogP contribution in [-0.2, 0) is 0 Å². The third-order valence-electron chi connectivity index (χ3n) is 2.64. The van der Waals surface area contributed by atoms with E-state index in [4.69, 9.17) is 4.74 Å². The van der Waals surface area contributed by atoms with Gasteiger partial charge in [0.1, 0.15) is 11.9 Å². The molecule has 0 bridgehead atoms. The van der Waals surface area contributed by atoms with E-state index >= 15 is 0 Å². The summed E-state index contributed by atoms with van der Waals surface area (Å²) in [6, 6.07) is 4.99. The number of carbonyl (C=O) groups excluding carboxylic acids is 1. The Bertz CT molecular complexity index is 400. The van der Waals surface area contributed by atoms with Crippen LogP contribution in [0, 0.1) is 0 Å². The highest BCUT2D eigenvalue weighted by Gasteiger charge is 2.33. The Morgan fingerprint density at radius 2 is 2.13 bits per heavy atom. The predicted molar refractivity (Wildman–Crippen MR) is 52.9 cm³/mol. The number of Topliss-reactive ketones (excluding diaryl/α,β-unsaturated/α-hetero) is 1. The maximum Gasteiger partial charge on any atom is 0.166 e. The van der Waals surface area contributed by atoms with Gasteiger partial charge in [0.25, 0.3) is 0 Å². The van der Waals surface area contributed by atoms with Crippen molar-refractivity contribution in [3.8, 4) is 5.75 Å². The number of benzene rings is 1. The molecular weight excluding hydrogens is 196 g/mol. The van der Waals surface area contributed by atoms with Crippen LogP contribution in [0.15, 0.2) is 18.2 Å². The Labute approximate surface area is 87.1 Å². The number of aliphatic hydroxyl groups is 2. The standard InChI is InChI=1S/C11H12O4/c1-15-9-4-2-3-6-7(12)5-8(13)11(14)10(6)9/h2-4,8,11,13-14H,5H2,1H3. The molecule has 15 heavy (non-hydrogen) atoms. The predicted octanol–water partition coefficient (Wildman–Crippen LogP) is 0.676. The van der Waals surface area contributed by atoms with Gasteiger partial charge in [-0.15, -0.1) is 0 Å². The molecule has 2 atom stereocenters. The van der Waals surface area contributed by atoms with E-state index in [1.54, 1.807) is 18.2 Å². The van der Waals surface area contributed by atoms with Crippen LogP contribution >= 0.6 is 0 Å². The summed E-state index contributed by atoms with van der Waals surface area (Å²) in [6.07, 6.45) is -2.13. The van der Waals surface area contributed by atoms with E-state index in [2.05, 4.69) is 0 Å². The molecular formula is C11H12O4. The molecule has 0 radical (unpaired) electrons. The van der Waals surface area contributed by atoms with E-state index in [-0.39, 0.29) is 12.2 Å². The Hall–Kier alpha value is -1.39. The highest BCUT2D eigenvalue weighted by atomic mass is 16.5. The fourth-order valence-electron chi connectivity index (χ4n) is 1.87. The topological polar surface area (TPSA) is 66.8 Å². The van der Waals surface area contributed by atoms with Crippen molar-refractivity contribution in [3.63, 3.8) is 0 Å². The second-order valence-electron chi connectivity index (χ2n) is 3.56. The molecule has 0 aromatic heterocycles. The molecule has 0 fully saturated rings. The molecule has 0 saturated carbocycles. The molecule has 0 aliphatic heterocycles. The number of fused-ring (bicyclic) bond motifs is 1. The van der Waals surface area contributed by atoms with Crippen LogP contribution in [0.4, 0.5) is 0 Å². The van der Waals surface area contributed by atoms with Crippen molar-refractivity contribution in [2.45, 2.75) is 18.6 Å². The van der Waals surface area contributed by atoms with Crippen LogP contribution in [-0.4, -0.2) is 29.2 Å². The van der Waals surface area contributed by atoms with Gasteiger partial charge in [0.05, 0.1) is 13.2 Å². The summed E-state index contributed by atoms with van der Waals surface area (Å²) in [6.45, 7) is 0. The lowest BCUT2D eigenvalue weighted by atomic mass is 9.86. The third-order valence-corrected chi connectivity index (χ3v) is 2.64. The summed E-state index contributed by atoms with van der Waals surface area (Å²) in [5.74, 6) is 0.272. The van der Waals surface area contributed by atoms with Gasteiger partial charge in [0, 0.05) is 17.5 Å². The molecule has 0 spiro atoms. The van der Waals surface area contributed by atoms with Gasteiger partial charge in [-0.1, -0.05) is 12.1 Å². The summed E-state index contributed by atoms with van der Waals surface area (Å²) < 4.78 is 5.06. The van der Waals surface area contributed by atoms with Crippen molar-refractivity contribution in [1.29, 1.82) is 0 Å². The SMILES string of the molecule is COc1cccc2c1C(O)C(O)CC2=O. The van der Waals surface area contributed by atoms with Crippen molar-refractivity contribution in [1.82, 2.24) is 0 Å². The molecule has 2 unspecified atom stereocenters. The number of ether oxygens (including phenoxy) is 1. The monoisotopic (exact) mass is 208 g/mol. The number of hydrogen-bond donors (Lipinski definition) is 2. The fraction of sp³-hybridized carbons (Fsp3) is 0.364. The van der Waals surface area contributed by atoms with Gasteiger partial charge in [-0.25, -0.2) is 0 Å². The van der Waals surface area contributed by atoms with Crippen LogP contribution in [0.1, 0.15) is 28.4 Å². The van der Waals surface area contributed by atoms with Gasteiger partial charge in [-0.2, -0.15) is 0 Å². The van der Waals surface area contributed by atoms with Gasteiger partial charge in [0.2, 0.25) is 0 Å². The largest absolute Gasteiger partial charge is 0.496 e. The van der Waals surface area contributed by atoms with Gasteiger partial charge in [-0.3, -0.25) is 4.79 Å². The summed E-state index contributed by atoms with van der Waals surface area (Å²) in [4.78, 5) is 11.6. The Morgan fingerprint density at radius 3 is 2.80 bits per heavy atom. The zero-order chi connectivity index (χ0) is 11.0. The maximum absolute atomic E-state index is 11.6. The minimum absolute atomic E-state index is 0.0403. The van der Waals surface area contributed by atoms with Crippen molar-refractivity contribution >= 4 is 5.78 Å². The van der Waals surface area contributed by atoms with Crippen LogP contribution < -0.4 is 4.74 Å². The van der Waals surface area contributed by atoms with Crippen LogP contribution in [0.2, 0.25) is 0 Å². The van der Waals surface area contributed by atoms with Crippen LogP contribution in [0.25, 0.3) is 0 Å². The molecule has 80 valence electrons. The summed E-state index contributed by atoms with van der Waals surface area (Å²) >= 11 is 0. The molecule has 4 nitrogen and oxygen atoms in total. The van der Waals surface area contributed by atoms with Crippen molar-refractivity contribution in [2.75, 3.05) is 7.11 Å². The Morgan fingerprint density at radius 1 is 1.40 bits per heavy atom. The normalized spacial score (nSPS) is 24.9. The lowest BCUT2D eigenvalue weighted by molar-refractivity contribution is 0.00741. The summed E-state index contributed by atoms with van der Waals surface area (Å²) in [5, 5.41) is 19.3. The van der Waals surface area contributed by atoms with Gasteiger partial charge in [0.15, 0.2) is 5.78 Å². The van der Waals surface area contributed by atoms with Gasteiger partial charge < -0.3 is 14.9 Å². The Balaban J connectivity index is 2.60. The number of carbonyl (C=O) groups is 1. The number of hydrogen-bond acceptors (Lipinski definition) is 4.